The fourth-order valence-electron chi connectivity index (χ4n) is 5.43. The lowest BCUT2D eigenvalue weighted by Gasteiger charge is -2.01. The maximum absolute atomic E-state index is 6.34. The van der Waals surface area contributed by atoms with Crippen molar-refractivity contribution >= 4 is 64.9 Å². The van der Waals surface area contributed by atoms with Crippen LogP contribution in [-0.4, -0.2) is 19.9 Å². The van der Waals surface area contributed by atoms with E-state index in [-0.39, 0.29) is 0 Å². The molecule has 0 N–H and O–H groups in total. The first-order valence-electron chi connectivity index (χ1n) is 13.3. The number of benzene rings is 3. The molecule has 0 amide bonds. The minimum atomic E-state index is 0.785. The van der Waals surface area contributed by atoms with Crippen molar-refractivity contribution in [1.82, 2.24) is 19.9 Å². The maximum atomic E-state index is 6.34. The van der Waals surface area contributed by atoms with Crippen LogP contribution in [0.2, 0.25) is 0 Å². The van der Waals surface area contributed by atoms with Gasteiger partial charge in [-0.3, -0.25) is 19.9 Å². The molecule has 3 aromatic carbocycles. The molecule has 0 atom stereocenters. The Balaban J connectivity index is 1.05. The number of thiophene rings is 2. The van der Waals surface area contributed by atoms with Crippen molar-refractivity contribution in [1.29, 1.82) is 0 Å². The van der Waals surface area contributed by atoms with E-state index in [2.05, 4.69) is 44.2 Å². The summed E-state index contributed by atoms with van der Waals surface area (Å²) in [6.07, 6.45) is 6.84. The summed E-state index contributed by atoms with van der Waals surface area (Å²) in [4.78, 5) is 20.1. The van der Waals surface area contributed by atoms with Gasteiger partial charge in [0.1, 0.15) is 23.0 Å². The molecule has 0 unspecified atom stereocenters. The van der Waals surface area contributed by atoms with Gasteiger partial charge in [-0.05, 0) is 83.6 Å². The Morgan fingerprint density at radius 3 is 1.40 bits per heavy atom. The van der Waals surface area contributed by atoms with Crippen LogP contribution in [0.1, 0.15) is 0 Å². The molecule has 0 radical (unpaired) electrons. The molecule has 6 heterocycles. The third kappa shape index (κ3) is 3.77. The molecule has 0 aliphatic rings. The molecule has 0 aliphatic heterocycles. The second-order valence-corrected chi connectivity index (χ2v) is 12.1. The summed E-state index contributed by atoms with van der Waals surface area (Å²) in [7, 11) is 0. The summed E-state index contributed by atoms with van der Waals surface area (Å²) in [5.74, 6) is 3.26. The van der Waals surface area contributed by atoms with E-state index in [0.717, 1.165) is 66.0 Å². The van der Waals surface area contributed by atoms with E-state index in [1.807, 2.05) is 60.7 Å². The molecule has 6 aromatic heterocycles. The molecule has 0 saturated carbocycles. The predicted octanol–water partition coefficient (Wildman–Crippen LogP) is 9.86. The van der Waals surface area contributed by atoms with Crippen LogP contribution in [0.3, 0.4) is 0 Å². The monoisotopic (exact) mass is 578 g/mol. The first-order chi connectivity index (χ1) is 20.8. The second kappa shape index (κ2) is 9.17. The van der Waals surface area contributed by atoms with E-state index in [4.69, 9.17) is 8.83 Å². The van der Waals surface area contributed by atoms with Crippen molar-refractivity contribution in [2.24, 2.45) is 0 Å². The van der Waals surface area contributed by atoms with E-state index < -0.39 is 0 Å². The van der Waals surface area contributed by atoms with E-state index in [1.165, 1.54) is 20.2 Å². The fraction of sp³-hybridized carbons (Fsp3) is 0. The summed E-state index contributed by atoms with van der Waals surface area (Å²) < 4.78 is 15.1. The molecule has 198 valence electrons. The van der Waals surface area contributed by atoms with E-state index >= 15 is 0 Å². The van der Waals surface area contributed by atoms with Crippen molar-refractivity contribution in [2.75, 3.05) is 0 Å². The summed E-state index contributed by atoms with van der Waals surface area (Å²) in [5, 5.41) is 2.39. The molecule has 0 spiro atoms. The highest BCUT2D eigenvalue weighted by atomic mass is 32.1. The minimum Gasteiger partial charge on any atom is -0.455 e. The van der Waals surface area contributed by atoms with E-state index in [9.17, 15) is 0 Å². The number of para-hydroxylation sites is 2. The normalized spacial score (nSPS) is 11.8. The van der Waals surface area contributed by atoms with Crippen molar-refractivity contribution in [3.63, 3.8) is 0 Å². The molecule has 9 rings (SSSR count). The van der Waals surface area contributed by atoms with Crippen molar-refractivity contribution in [3.05, 3.63) is 110 Å². The highest BCUT2D eigenvalue weighted by molar-refractivity contribution is 7.23. The Labute approximate surface area is 246 Å². The van der Waals surface area contributed by atoms with Gasteiger partial charge in [0.25, 0.3) is 0 Å². The lowest BCUT2D eigenvalue weighted by molar-refractivity contribution is 0.599. The number of rotatable bonds is 4. The van der Waals surface area contributed by atoms with Gasteiger partial charge < -0.3 is 8.83 Å². The van der Waals surface area contributed by atoms with Crippen LogP contribution in [0.4, 0.5) is 0 Å². The van der Waals surface area contributed by atoms with Gasteiger partial charge in [-0.2, -0.15) is 0 Å². The van der Waals surface area contributed by atoms with Gasteiger partial charge in [0.2, 0.25) is 0 Å². The Bertz CT molecular complexity index is 2220. The first kappa shape index (κ1) is 23.5. The molecule has 0 saturated heterocycles. The van der Waals surface area contributed by atoms with Crippen LogP contribution in [0, 0.1) is 0 Å². The molecule has 42 heavy (non-hydrogen) atoms. The van der Waals surface area contributed by atoms with Crippen LogP contribution in [0.15, 0.2) is 119 Å². The minimum absolute atomic E-state index is 0.785. The zero-order chi connectivity index (χ0) is 27.6. The number of aromatic nitrogens is 4. The highest BCUT2D eigenvalue weighted by Crippen LogP contribution is 2.42. The van der Waals surface area contributed by atoms with Gasteiger partial charge in [0, 0.05) is 45.3 Å². The van der Waals surface area contributed by atoms with Crippen LogP contribution < -0.4 is 0 Å². The maximum Gasteiger partial charge on any atom is 0.144 e. The summed E-state index contributed by atoms with van der Waals surface area (Å²) in [6, 6.07) is 28.9. The average Bonchev–Trinajstić information content (AvgIpc) is 3.84. The van der Waals surface area contributed by atoms with Crippen molar-refractivity contribution < 1.29 is 8.83 Å². The SMILES string of the molecule is c1cc(-c2ccc(-c3cc4cc5sc(-c6ccc(-c7cccc8nccnc78)o6)cc5cc4s3)o2)c2nccnc2c1. The number of hydrogen-bond donors (Lipinski definition) is 0. The average molecular weight is 579 g/mol. The molecule has 9 aromatic rings. The van der Waals surface area contributed by atoms with Gasteiger partial charge in [-0.25, -0.2) is 0 Å². The Morgan fingerprint density at radius 2 is 0.905 bits per heavy atom. The zero-order valence-corrected chi connectivity index (χ0v) is 23.4. The van der Waals surface area contributed by atoms with Crippen LogP contribution >= 0.6 is 22.7 Å². The number of nitrogens with zero attached hydrogens (tertiary/aromatic N) is 4. The van der Waals surface area contributed by atoms with E-state index in [0.29, 0.717) is 0 Å². The topological polar surface area (TPSA) is 77.8 Å². The Kier molecular flexibility index (Phi) is 5.13. The van der Waals surface area contributed by atoms with Gasteiger partial charge in [0.05, 0.1) is 31.8 Å². The van der Waals surface area contributed by atoms with E-state index in [1.54, 1.807) is 47.5 Å². The fourth-order valence-corrected chi connectivity index (χ4v) is 7.54. The molecule has 0 aliphatic carbocycles. The second-order valence-electron chi connectivity index (χ2n) is 9.94. The zero-order valence-electron chi connectivity index (χ0n) is 21.8. The van der Waals surface area contributed by atoms with Crippen molar-refractivity contribution in [2.45, 2.75) is 0 Å². The van der Waals surface area contributed by atoms with Gasteiger partial charge in [0.15, 0.2) is 0 Å². The van der Waals surface area contributed by atoms with Crippen LogP contribution in [-0.2, 0) is 0 Å². The number of hydrogen-bond acceptors (Lipinski definition) is 8. The van der Waals surface area contributed by atoms with Crippen molar-refractivity contribution in [3.8, 4) is 43.9 Å². The first-order valence-corrected chi connectivity index (χ1v) is 15.0. The predicted molar refractivity (Wildman–Crippen MR) is 170 cm³/mol. The molecule has 8 heteroatoms. The number of fused-ring (bicyclic) bond motifs is 4. The third-order valence-electron chi connectivity index (χ3n) is 7.38. The lowest BCUT2D eigenvalue weighted by Crippen LogP contribution is -1.85. The quantitative estimate of drug-likeness (QED) is 0.207. The number of furan rings is 2. The summed E-state index contributed by atoms with van der Waals surface area (Å²) in [5.41, 5.74) is 5.25. The standard InChI is InChI=1S/C34H18N4O2S2/c1-3-21(33-23(5-1)35-11-13-37-33)25-7-9-27(39-25)31-17-19-15-30-20(16-29(19)41-31)18-32(42-30)28-10-8-26(40-28)22-4-2-6-24-34(22)38-14-12-36-24/h1-18H. The highest BCUT2D eigenvalue weighted by Gasteiger charge is 2.16. The van der Waals surface area contributed by atoms with Crippen LogP contribution in [0.25, 0.3) is 86.2 Å². The smallest absolute Gasteiger partial charge is 0.144 e. The third-order valence-corrected chi connectivity index (χ3v) is 9.61. The molecule has 6 nitrogen and oxygen atoms in total. The molecular weight excluding hydrogens is 561 g/mol. The Morgan fingerprint density at radius 1 is 0.452 bits per heavy atom. The van der Waals surface area contributed by atoms with Crippen LogP contribution in [0.5, 0.6) is 0 Å². The molecule has 0 bridgehead atoms. The van der Waals surface area contributed by atoms with Gasteiger partial charge in [-0.1, -0.05) is 12.1 Å². The molecular formula is C34H18N4O2S2. The summed E-state index contributed by atoms with van der Waals surface area (Å²) >= 11 is 3.46. The Hall–Kier alpha value is -5.18. The van der Waals surface area contributed by atoms with Gasteiger partial charge >= 0.3 is 0 Å². The van der Waals surface area contributed by atoms with Gasteiger partial charge in [-0.15, -0.1) is 22.7 Å². The lowest BCUT2D eigenvalue weighted by atomic mass is 10.1. The largest absolute Gasteiger partial charge is 0.455 e. The molecule has 0 fully saturated rings. The summed E-state index contributed by atoms with van der Waals surface area (Å²) in [6.45, 7) is 0.